The number of hydrogen-bond donors (Lipinski definition) is 0. The second-order valence-electron chi connectivity index (χ2n) is 8.34. The van der Waals surface area contributed by atoms with Crippen molar-refractivity contribution in [3.8, 4) is 5.75 Å². The van der Waals surface area contributed by atoms with E-state index in [1.54, 1.807) is 42.7 Å². The molecule has 34 heavy (non-hydrogen) atoms. The van der Waals surface area contributed by atoms with E-state index in [2.05, 4.69) is 19.8 Å². The minimum absolute atomic E-state index is 0.290. The molecule has 2 saturated heterocycles. The summed E-state index contributed by atoms with van der Waals surface area (Å²) in [6, 6.07) is 14.8. The maximum atomic E-state index is 13.1. The average Bonchev–Trinajstić information content (AvgIpc) is 3.21. The molecule has 8 nitrogen and oxygen atoms in total. The number of nitrogens with zero attached hydrogens (tertiary/aromatic N) is 5. The lowest BCUT2D eigenvalue weighted by Gasteiger charge is -2.36. The summed E-state index contributed by atoms with van der Waals surface area (Å²) in [5, 5.41) is 0.617. The molecule has 1 amide bonds. The number of halogens is 1. The predicted octanol–water partition coefficient (Wildman–Crippen LogP) is 4.03. The quantitative estimate of drug-likeness (QED) is 0.528. The van der Waals surface area contributed by atoms with Crippen LogP contribution in [0.5, 0.6) is 5.75 Å². The van der Waals surface area contributed by atoms with Crippen LogP contribution in [0.2, 0.25) is 5.02 Å². The SMILES string of the molecule is COc1cccc([C@H]2[C@H](CN3CCN(c4cnccn4)CC3)OC(=O)N2c2ccc(Cl)cc2)c1. The van der Waals surface area contributed by atoms with Gasteiger partial charge in [-0.25, -0.2) is 9.78 Å². The molecule has 0 unspecified atom stereocenters. The third kappa shape index (κ3) is 4.64. The Morgan fingerprint density at radius 3 is 2.59 bits per heavy atom. The summed E-state index contributed by atoms with van der Waals surface area (Å²) < 4.78 is 11.4. The Hall–Kier alpha value is -3.36. The first-order chi connectivity index (χ1) is 16.6. The molecular formula is C25H26ClN5O3. The summed E-state index contributed by atoms with van der Waals surface area (Å²) >= 11 is 6.09. The van der Waals surface area contributed by atoms with E-state index in [9.17, 15) is 4.79 Å². The highest BCUT2D eigenvalue weighted by molar-refractivity contribution is 6.30. The van der Waals surface area contributed by atoms with Crippen LogP contribution in [0.1, 0.15) is 11.6 Å². The molecule has 3 aromatic rings. The van der Waals surface area contributed by atoms with E-state index in [0.717, 1.165) is 49.0 Å². The number of anilines is 2. The van der Waals surface area contributed by atoms with Gasteiger partial charge in [0.05, 0.1) is 13.3 Å². The van der Waals surface area contributed by atoms with Crippen molar-refractivity contribution in [2.45, 2.75) is 12.1 Å². The number of piperazine rings is 1. The van der Waals surface area contributed by atoms with Crippen LogP contribution in [0.4, 0.5) is 16.3 Å². The highest BCUT2D eigenvalue weighted by atomic mass is 35.5. The number of carbonyl (C=O) groups is 1. The number of cyclic esters (lactones) is 1. The number of hydrogen-bond acceptors (Lipinski definition) is 7. The van der Waals surface area contributed by atoms with Gasteiger partial charge in [-0.3, -0.25) is 14.8 Å². The molecule has 0 N–H and O–H groups in total. The van der Waals surface area contributed by atoms with E-state index >= 15 is 0 Å². The molecule has 2 aromatic carbocycles. The molecule has 2 aliphatic rings. The predicted molar refractivity (Wildman–Crippen MR) is 131 cm³/mol. The minimum atomic E-state index is -0.363. The third-order valence-electron chi connectivity index (χ3n) is 6.30. The van der Waals surface area contributed by atoms with Gasteiger partial charge < -0.3 is 14.4 Å². The molecule has 3 heterocycles. The summed E-state index contributed by atoms with van der Waals surface area (Å²) in [5.41, 5.74) is 1.71. The highest BCUT2D eigenvalue weighted by Crippen LogP contribution is 2.39. The van der Waals surface area contributed by atoms with E-state index in [1.807, 2.05) is 36.4 Å². The summed E-state index contributed by atoms with van der Waals surface area (Å²) in [4.78, 5) is 27.9. The summed E-state index contributed by atoms with van der Waals surface area (Å²) in [5.74, 6) is 1.63. The standard InChI is InChI=1S/C25H26ClN5O3/c1-33-21-4-2-3-18(15-21)24-22(34-25(32)31(24)20-7-5-19(26)6-8-20)17-29-11-13-30(14-12-29)23-16-27-9-10-28-23/h2-10,15-16,22,24H,11-14,17H2,1H3/t22-,24-/m0/s1. The van der Waals surface area contributed by atoms with Gasteiger partial charge in [0.1, 0.15) is 23.7 Å². The Morgan fingerprint density at radius 1 is 1.09 bits per heavy atom. The van der Waals surface area contributed by atoms with Crippen molar-refractivity contribution >= 4 is 29.2 Å². The van der Waals surface area contributed by atoms with E-state index in [-0.39, 0.29) is 18.2 Å². The zero-order valence-corrected chi connectivity index (χ0v) is 19.6. The van der Waals surface area contributed by atoms with Gasteiger partial charge in [0, 0.05) is 55.8 Å². The molecule has 1 aromatic heterocycles. The Morgan fingerprint density at radius 2 is 1.88 bits per heavy atom. The molecule has 0 radical (unpaired) electrons. The highest BCUT2D eigenvalue weighted by Gasteiger charge is 2.44. The van der Waals surface area contributed by atoms with Crippen LogP contribution in [0.25, 0.3) is 0 Å². The monoisotopic (exact) mass is 479 g/mol. The Kier molecular flexibility index (Phi) is 6.51. The Labute approximate surface area is 203 Å². The molecule has 176 valence electrons. The van der Waals surface area contributed by atoms with Gasteiger partial charge in [-0.1, -0.05) is 23.7 Å². The normalized spacial score (nSPS) is 20.9. The van der Waals surface area contributed by atoms with E-state index in [0.29, 0.717) is 11.6 Å². The van der Waals surface area contributed by atoms with Gasteiger partial charge >= 0.3 is 6.09 Å². The van der Waals surface area contributed by atoms with Crippen LogP contribution < -0.4 is 14.5 Å². The van der Waals surface area contributed by atoms with Gasteiger partial charge in [-0.05, 0) is 42.0 Å². The van der Waals surface area contributed by atoms with Crippen molar-refractivity contribution < 1.29 is 14.3 Å². The maximum absolute atomic E-state index is 13.1. The fraction of sp³-hybridized carbons (Fsp3) is 0.320. The lowest BCUT2D eigenvalue weighted by Crippen LogP contribution is -2.49. The summed E-state index contributed by atoms with van der Waals surface area (Å²) in [6.45, 7) is 3.99. The number of benzene rings is 2. The van der Waals surface area contributed by atoms with Crippen LogP contribution in [0.15, 0.2) is 67.1 Å². The van der Waals surface area contributed by atoms with Crippen molar-refractivity contribution in [2.24, 2.45) is 0 Å². The third-order valence-corrected chi connectivity index (χ3v) is 6.56. The second kappa shape index (κ2) is 9.87. The number of rotatable bonds is 6. The Bertz CT molecular complexity index is 1120. The number of amides is 1. The lowest BCUT2D eigenvalue weighted by molar-refractivity contribution is 0.0939. The zero-order valence-electron chi connectivity index (χ0n) is 18.9. The first-order valence-electron chi connectivity index (χ1n) is 11.2. The van der Waals surface area contributed by atoms with Crippen LogP contribution in [0, 0.1) is 0 Å². The number of methoxy groups -OCH3 is 1. The molecule has 0 saturated carbocycles. The van der Waals surface area contributed by atoms with Crippen molar-refractivity contribution in [1.82, 2.24) is 14.9 Å². The van der Waals surface area contributed by atoms with Gasteiger partial charge in [-0.15, -0.1) is 0 Å². The molecule has 2 aliphatic heterocycles. The van der Waals surface area contributed by atoms with Crippen molar-refractivity contribution in [1.29, 1.82) is 0 Å². The molecular weight excluding hydrogens is 454 g/mol. The minimum Gasteiger partial charge on any atom is -0.497 e. The van der Waals surface area contributed by atoms with Crippen molar-refractivity contribution in [2.75, 3.05) is 49.6 Å². The van der Waals surface area contributed by atoms with Gasteiger partial charge in [-0.2, -0.15) is 0 Å². The molecule has 9 heteroatoms. The van der Waals surface area contributed by atoms with E-state index in [1.165, 1.54) is 0 Å². The van der Waals surface area contributed by atoms with Gasteiger partial charge in [0.25, 0.3) is 0 Å². The smallest absolute Gasteiger partial charge is 0.415 e. The molecule has 2 fully saturated rings. The number of carbonyl (C=O) groups excluding carboxylic acids is 1. The molecule has 0 aliphatic carbocycles. The summed E-state index contributed by atoms with van der Waals surface area (Å²) in [7, 11) is 1.64. The molecule has 5 rings (SSSR count). The van der Waals surface area contributed by atoms with Crippen LogP contribution in [-0.2, 0) is 4.74 Å². The number of ether oxygens (including phenoxy) is 2. The van der Waals surface area contributed by atoms with E-state index in [4.69, 9.17) is 21.1 Å². The van der Waals surface area contributed by atoms with E-state index < -0.39 is 0 Å². The molecule has 0 bridgehead atoms. The summed E-state index contributed by atoms with van der Waals surface area (Å²) in [6.07, 6.45) is 4.48. The van der Waals surface area contributed by atoms with Crippen LogP contribution in [0.3, 0.4) is 0 Å². The fourth-order valence-electron chi connectivity index (χ4n) is 4.59. The molecule has 2 atom stereocenters. The van der Waals surface area contributed by atoms with Crippen molar-refractivity contribution in [3.63, 3.8) is 0 Å². The first kappa shape index (κ1) is 22.4. The Balaban J connectivity index is 1.37. The zero-order chi connectivity index (χ0) is 23.5. The fourth-order valence-corrected chi connectivity index (χ4v) is 4.72. The number of aromatic nitrogens is 2. The first-order valence-corrected chi connectivity index (χ1v) is 11.6. The van der Waals surface area contributed by atoms with Crippen LogP contribution >= 0.6 is 11.6 Å². The lowest BCUT2D eigenvalue weighted by atomic mass is 9.99. The topological polar surface area (TPSA) is 71.0 Å². The average molecular weight is 480 g/mol. The second-order valence-corrected chi connectivity index (χ2v) is 8.78. The largest absolute Gasteiger partial charge is 0.497 e. The maximum Gasteiger partial charge on any atom is 0.415 e. The molecule has 0 spiro atoms. The van der Waals surface area contributed by atoms with Gasteiger partial charge in [0.15, 0.2) is 0 Å². The van der Waals surface area contributed by atoms with Gasteiger partial charge in [0.2, 0.25) is 0 Å². The van der Waals surface area contributed by atoms with Crippen molar-refractivity contribution in [3.05, 3.63) is 77.7 Å². The van der Waals surface area contributed by atoms with Crippen LogP contribution in [-0.4, -0.2) is 66.9 Å².